The van der Waals surface area contributed by atoms with E-state index in [9.17, 15) is 19.2 Å². The van der Waals surface area contributed by atoms with Gasteiger partial charge in [-0.2, -0.15) is 0 Å². The van der Waals surface area contributed by atoms with Gasteiger partial charge in [0.25, 0.3) is 11.8 Å². The first-order valence-electron chi connectivity index (χ1n) is 9.26. The Balaban J connectivity index is 1.63. The fraction of sp³-hybridized carbons (Fsp3) is 0.474. The lowest BCUT2D eigenvalue weighted by molar-refractivity contribution is -0.136. The van der Waals surface area contributed by atoms with Crippen molar-refractivity contribution in [3.8, 4) is 0 Å². The van der Waals surface area contributed by atoms with Crippen LogP contribution in [0, 0.1) is 0 Å². The second-order valence-corrected chi connectivity index (χ2v) is 7.32. The van der Waals surface area contributed by atoms with Gasteiger partial charge in [0, 0.05) is 26.1 Å². The normalized spacial score (nSPS) is 25.0. The zero-order chi connectivity index (χ0) is 19.1. The van der Waals surface area contributed by atoms with Crippen LogP contribution in [0.1, 0.15) is 46.4 Å². The lowest BCUT2D eigenvalue weighted by Crippen LogP contribution is -2.54. The van der Waals surface area contributed by atoms with Crippen LogP contribution < -0.4 is 15.5 Å². The molecule has 0 aliphatic carbocycles. The Morgan fingerprint density at radius 3 is 2.67 bits per heavy atom. The molecule has 1 aromatic carbocycles. The van der Waals surface area contributed by atoms with Gasteiger partial charge >= 0.3 is 0 Å². The third kappa shape index (κ3) is 2.99. The standard InChI is InChI=1S/C19H22N4O4/c1-22(10-11-4-3-9-20-11)13-6-2-5-12-16(13)19(27)23(18(12)26)14-7-8-15(24)21-17(14)25/h2,5-6,11,14,20H,3-4,7-10H2,1H3,(H,21,24,25)/t11-,14?/m1/s1. The van der Waals surface area contributed by atoms with E-state index in [1.54, 1.807) is 12.1 Å². The van der Waals surface area contributed by atoms with Crippen molar-refractivity contribution in [2.75, 3.05) is 25.0 Å². The number of likely N-dealkylation sites (N-methyl/N-ethyl adjacent to an activating group) is 1. The molecule has 2 saturated heterocycles. The molecule has 8 heteroatoms. The summed E-state index contributed by atoms with van der Waals surface area (Å²) in [5.74, 6) is -1.91. The van der Waals surface area contributed by atoms with Gasteiger partial charge in [0.15, 0.2) is 0 Å². The number of carbonyl (C=O) groups is 4. The van der Waals surface area contributed by atoms with Gasteiger partial charge in [-0.05, 0) is 37.9 Å². The van der Waals surface area contributed by atoms with Crippen molar-refractivity contribution in [1.29, 1.82) is 0 Å². The smallest absolute Gasteiger partial charge is 0.264 e. The molecule has 0 spiro atoms. The summed E-state index contributed by atoms with van der Waals surface area (Å²) in [5, 5.41) is 5.64. The van der Waals surface area contributed by atoms with E-state index in [-0.39, 0.29) is 18.7 Å². The molecule has 4 amide bonds. The molecule has 3 heterocycles. The van der Waals surface area contributed by atoms with Gasteiger partial charge in [0.05, 0.1) is 16.8 Å². The third-order valence-corrected chi connectivity index (χ3v) is 5.51. The minimum absolute atomic E-state index is 0.115. The number of imide groups is 2. The van der Waals surface area contributed by atoms with Crippen molar-refractivity contribution < 1.29 is 19.2 Å². The predicted molar refractivity (Wildman–Crippen MR) is 97.4 cm³/mol. The van der Waals surface area contributed by atoms with Crippen LogP contribution in [0.2, 0.25) is 0 Å². The first-order valence-corrected chi connectivity index (χ1v) is 9.26. The molecule has 2 N–H and O–H groups in total. The van der Waals surface area contributed by atoms with Crippen molar-refractivity contribution in [2.45, 2.75) is 37.8 Å². The fourth-order valence-electron chi connectivity index (χ4n) is 4.16. The Labute approximate surface area is 156 Å². The zero-order valence-corrected chi connectivity index (χ0v) is 15.2. The lowest BCUT2D eigenvalue weighted by atomic mass is 10.0. The van der Waals surface area contributed by atoms with Crippen LogP contribution in [0.25, 0.3) is 0 Å². The fourth-order valence-corrected chi connectivity index (χ4v) is 4.16. The van der Waals surface area contributed by atoms with E-state index >= 15 is 0 Å². The van der Waals surface area contributed by atoms with Gasteiger partial charge in [-0.3, -0.25) is 29.4 Å². The minimum Gasteiger partial charge on any atom is -0.372 e. The van der Waals surface area contributed by atoms with Crippen LogP contribution in [0.5, 0.6) is 0 Å². The number of amides is 4. The van der Waals surface area contributed by atoms with Crippen LogP contribution in [-0.4, -0.2) is 60.7 Å². The summed E-state index contributed by atoms with van der Waals surface area (Å²) in [6.45, 7) is 1.72. The molecule has 3 aliphatic rings. The van der Waals surface area contributed by atoms with Crippen molar-refractivity contribution in [1.82, 2.24) is 15.5 Å². The number of hydrogen-bond donors (Lipinski definition) is 2. The van der Waals surface area contributed by atoms with Crippen molar-refractivity contribution in [3.05, 3.63) is 29.3 Å². The molecule has 0 radical (unpaired) electrons. The van der Waals surface area contributed by atoms with Crippen LogP contribution in [-0.2, 0) is 9.59 Å². The number of benzene rings is 1. The Morgan fingerprint density at radius 2 is 1.96 bits per heavy atom. The molecule has 0 aromatic heterocycles. The highest BCUT2D eigenvalue weighted by molar-refractivity contribution is 6.25. The number of nitrogens with zero attached hydrogens (tertiary/aromatic N) is 2. The molecule has 3 aliphatic heterocycles. The number of piperidine rings is 1. The highest BCUT2D eigenvalue weighted by atomic mass is 16.2. The number of nitrogens with one attached hydrogen (secondary N) is 2. The monoisotopic (exact) mass is 370 g/mol. The van der Waals surface area contributed by atoms with Crippen LogP contribution in [0.15, 0.2) is 18.2 Å². The van der Waals surface area contributed by atoms with Gasteiger partial charge in [0.2, 0.25) is 11.8 Å². The molecule has 27 heavy (non-hydrogen) atoms. The van der Waals surface area contributed by atoms with Gasteiger partial charge in [-0.1, -0.05) is 6.07 Å². The van der Waals surface area contributed by atoms with E-state index in [2.05, 4.69) is 10.6 Å². The maximum Gasteiger partial charge on any atom is 0.264 e. The molecule has 1 aromatic rings. The quantitative estimate of drug-likeness (QED) is 0.739. The highest BCUT2D eigenvalue weighted by Gasteiger charge is 2.45. The number of fused-ring (bicyclic) bond motifs is 1. The number of carbonyl (C=O) groups excluding carboxylic acids is 4. The van der Waals surface area contributed by atoms with E-state index < -0.39 is 23.8 Å². The van der Waals surface area contributed by atoms with Gasteiger partial charge in [0.1, 0.15) is 6.04 Å². The second-order valence-electron chi connectivity index (χ2n) is 7.32. The topological polar surface area (TPSA) is 98.8 Å². The number of rotatable bonds is 4. The van der Waals surface area contributed by atoms with E-state index in [1.807, 2.05) is 18.0 Å². The third-order valence-electron chi connectivity index (χ3n) is 5.51. The van der Waals surface area contributed by atoms with E-state index in [1.165, 1.54) is 0 Å². The average Bonchev–Trinajstić information content (AvgIpc) is 3.23. The number of hydrogen-bond acceptors (Lipinski definition) is 6. The predicted octanol–water partition coefficient (Wildman–Crippen LogP) is 0.276. The maximum atomic E-state index is 13.1. The van der Waals surface area contributed by atoms with Gasteiger partial charge in [-0.25, -0.2) is 0 Å². The summed E-state index contributed by atoms with van der Waals surface area (Å²) in [5.41, 5.74) is 1.34. The van der Waals surface area contributed by atoms with E-state index in [0.717, 1.165) is 30.8 Å². The summed E-state index contributed by atoms with van der Waals surface area (Å²) in [6, 6.07) is 4.61. The molecule has 142 valence electrons. The van der Waals surface area contributed by atoms with Gasteiger partial charge < -0.3 is 10.2 Å². The summed E-state index contributed by atoms with van der Waals surface area (Å²) in [6.07, 6.45) is 2.48. The first kappa shape index (κ1) is 17.7. The van der Waals surface area contributed by atoms with Crippen LogP contribution >= 0.6 is 0 Å². The van der Waals surface area contributed by atoms with E-state index in [0.29, 0.717) is 22.9 Å². The molecule has 4 rings (SSSR count). The summed E-state index contributed by atoms with van der Waals surface area (Å²) >= 11 is 0. The first-order chi connectivity index (χ1) is 13.0. The zero-order valence-electron chi connectivity index (χ0n) is 15.2. The Hall–Kier alpha value is -2.74. The number of anilines is 1. The van der Waals surface area contributed by atoms with Gasteiger partial charge in [-0.15, -0.1) is 0 Å². The molecule has 2 atom stereocenters. The lowest BCUT2D eigenvalue weighted by Gasteiger charge is -2.28. The largest absolute Gasteiger partial charge is 0.372 e. The molecule has 8 nitrogen and oxygen atoms in total. The summed E-state index contributed by atoms with van der Waals surface area (Å²) < 4.78 is 0. The molecular formula is C19H22N4O4. The van der Waals surface area contributed by atoms with Crippen molar-refractivity contribution in [3.63, 3.8) is 0 Å². The molecule has 1 unspecified atom stereocenters. The molecular weight excluding hydrogens is 348 g/mol. The maximum absolute atomic E-state index is 13.1. The van der Waals surface area contributed by atoms with Crippen molar-refractivity contribution in [2.24, 2.45) is 0 Å². The van der Waals surface area contributed by atoms with Crippen LogP contribution in [0.4, 0.5) is 5.69 Å². The molecule has 0 bridgehead atoms. The minimum atomic E-state index is -0.940. The van der Waals surface area contributed by atoms with Crippen LogP contribution in [0.3, 0.4) is 0 Å². The SMILES string of the molecule is CN(C[C@H]1CCCN1)c1cccc2c1C(=O)N(C1CCC(=O)NC1=O)C2=O. The summed E-state index contributed by atoms with van der Waals surface area (Å²) in [7, 11) is 1.90. The summed E-state index contributed by atoms with van der Waals surface area (Å²) in [4.78, 5) is 52.5. The molecule has 2 fully saturated rings. The Bertz CT molecular complexity index is 831. The van der Waals surface area contributed by atoms with E-state index in [4.69, 9.17) is 0 Å². The average molecular weight is 370 g/mol. The molecule has 0 saturated carbocycles. The van der Waals surface area contributed by atoms with Crippen molar-refractivity contribution >= 4 is 29.3 Å². The second kappa shape index (κ2) is 6.77. The Morgan fingerprint density at radius 1 is 1.15 bits per heavy atom. The highest BCUT2D eigenvalue weighted by Crippen LogP contribution is 2.34. The Kier molecular flexibility index (Phi) is 4.43.